The van der Waals surface area contributed by atoms with Crippen LogP contribution in [0.2, 0.25) is 0 Å². The molecule has 0 radical (unpaired) electrons. The van der Waals surface area contributed by atoms with E-state index in [2.05, 4.69) is 13.8 Å². The van der Waals surface area contributed by atoms with Gasteiger partial charge in [0.05, 0.1) is 12.5 Å². The number of esters is 1. The topological polar surface area (TPSA) is 35.5 Å². The number of hydrogen-bond donors (Lipinski definition) is 0. The first-order valence-corrected chi connectivity index (χ1v) is 11.2. The lowest BCUT2D eigenvalue weighted by Gasteiger charge is -2.27. The number of carbonyl (C=O) groups excluding carboxylic acids is 1. The van der Waals surface area contributed by atoms with Gasteiger partial charge >= 0.3 is 5.97 Å². The molecule has 0 aliphatic heterocycles. The molecular weight excluding hydrogens is 336 g/mol. The lowest BCUT2D eigenvalue weighted by Crippen LogP contribution is -2.25. The van der Waals surface area contributed by atoms with Crippen LogP contribution in [0.1, 0.15) is 90.9 Å². The molecule has 3 heteroatoms. The monoisotopic (exact) mass is 374 g/mol. The summed E-state index contributed by atoms with van der Waals surface area (Å²) in [5, 5.41) is 0. The van der Waals surface area contributed by atoms with E-state index in [1.54, 1.807) is 0 Å². The Morgan fingerprint density at radius 3 is 2.15 bits per heavy atom. The molecule has 1 aromatic rings. The van der Waals surface area contributed by atoms with Crippen molar-refractivity contribution in [2.75, 3.05) is 6.61 Å². The van der Waals surface area contributed by atoms with Crippen LogP contribution in [0, 0.1) is 11.8 Å². The minimum absolute atomic E-state index is 0.0600. The Hall–Kier alpha value is -1.51. The van der Waals surface area contributed by atoms with Crippen LogP contribution in [0.15, 0.2) is 24.3 Å². The second kappa shape index (κ2) is 12.8. The first-order chi connectivity index (χ1) is 13.2. The van der Waals surface area contributed by atoms with Gasteiger partial charge in [-0.15, -0.1) is 0 Å². The Morgan fingerprint density at radius 1 is 0.852 bits per heavy atom. The number of hydrogen-bond acceptors (Lipinski definition) is 3. The summed E-state index contributed by atoms with van der Waals surface area (Å²) in [6, 6.07) is 7.48. The fourth-order valence-electron chi connectivity index (χ4n) is 3.89. The van der Waals surface area contributed by atoms with E-state index < -0.39 is 0 Å². The third-order valence-corrected chi connectivity index (χ3v) is 5.70. The maximum Gasteiger partial charge on any atom is 0.314 e. The van der Waals surface area contributed by atoms with Crippen molar-refractivity contribution in [3.05, 3.63) is 24.3 Å². The molecule has 0 amide bonds. The van der Waals surface area contributed by atoms with Crippen molar-refractivity contribution in [1.29, 1.82) is 0 Å². The summed E-state index contributed by atoms with van der Waals surface area (Å²) in [6.45, 7) is 5.21. The van der Waals surface area contributed by atoms with Crippen molar-refractivity contribution in [2.24, 2.45) is 11.8 Å². The first-order valence-electron chi connectivity index (χ1n) is 11.2. The zero-order valence-corrected chi connectivity index (χ0v) is 17.4. The summed E-state index contributed by atoms with van der Waals surface area (Å²) >= 11 is 0. The Morgan fingerprint density at radius 2 is 1.48 bits per heavy atom. The third-order valence-electron chi connectivity index (χ3n) is 5.70. The molecule has 3 nitrogen and oxygen atoms in total. The maximum atomic E-state index is 12.4. The average molecular weight is 375 g/mol. The zero-order valence-electron chi connectivity index (χ0n) is 17.4. The van der Waals surface area contributed by atoms with Gasteiger partial charge in [-0.2, -0.15) is 0 Å². The highest BCUT2D eigenvalue weighted by molar-refractivity contribution is 5.75. The molecular formula is C24H38O3. The van der Waals surface area contributed by atoms with Crippen molar-refractivity contribution in [1.82, 2.24) is 0 Å². The number of benzene rings is 1. The van der Waals surface area contributed by atoms with Crippen LogP contribution < -0.4 is 9.47 Å². The van der Waals surface area contributed by atoms with Gasteiger partial charge in [-0.05, 0) is 62.3 Å². The maximum absolute atomic E-state index is 12.4. The van der Waals surface area contributed by atoms with E-state index in [1.165, 1.54) is 57.8 Å². The molecule has 0 unspecified atom stereocenters. The first kappa shape index (κ1) is 21.8. The molecule has 1 aromatic carbocycles. The van der Waals surface area contributed by atoms with Crippen LogP contribution in [0.25, 0.3) is 0 Å². The van der Waals surface area contributed by atoms with E-state index in [1.807, 2.05) is 24.3 Å². The molecule has 0 N–H and O–H groups in total. The highest BCUT2D eigenvalue weighted by atomic mass is 16.5. The quantitative estimate of drug-likeness (QED) is 0.226. The zero-order chi connectivity index (χ0) is 19.3. The number of unbranched alkanes of at least 4 members (excludes halogenated alkanes) is 5. The van der Waals surface area contributed by atoms with Gasteiger partial charge in [0.25, 0.3) is 0 Å². The molecule has 0 heterocycles. The predicted octanol–water partition coefficient (Wildman–Crippen LogP) is 6.94. The molecule has 27 heavy (non-hydrogen) atoms. The average Bonchev–Trinajstić information content (AvgIpc) is 2.70. The highest BCUT2D eigenvalue weighted by Crippen LogP contribution is 2.33. The number of ether oxygens (including phenoxy) is 2. The van der Waals surface area contributed by atoms with Crippen molar-refractivity contribution in [2.45, 2.75) is 90.9 Å². The summed E-state index contributed by atoms with van der Waals surface area (Å²) in [4.78, 5) is 12.4. The lowest BCUT2D eigenvalue weighted by atomic mass is 9.80. The minimum atomic E-state index is -0.0600. The van der Waals surface area contributed by atoms with Crippen molar-refractivity contribution in [3.8, 4) is 11.5 Å². The van der Waals surface area contributed by atoms with Gasteiger partial charge in [0.2, 0.25) is 0 Å². The van der Waals surface area contributed by atoms with Crippen LogP contribution in [0.4, 0.5) is 0 Å². The largest absolute Gasteiger partial charge is 0.494 e. The normalized spacial score (nSPS) is 19.6. The SMILES string of the molecule is CCCCCCOc1ccc(OC(=O)C2CCC(CCCCC)CC2)cc1. The molecule has 0 spiro atoms. The van der Waals surface area contributed by atoms with Gasteiger partial charge in [-0.25, -0.2) is 0 Å². The summed E-state index contributed by atoms with van der Waals surface area (Å²) in [5.41, 5.74) is 0. The predicted molar refractivity (Wildman–Crippen MR) is 111 cm³/mol. The van der Waals surface area contributed by atoms with E-state index in [0.717, 1.165) is 37.5 Å². The van der Waals surface area contributed by atoms with Gasteiger partial charge in [0.15, 0.2) is 0 Å². The van der Waals surface area contributed by atoms with Crippen molar-refractivity contribution in [3.63, 3.8) is 0 Å². The molecule has 1 fully saturated rings. The van der Waals surface area contributed by atoms with E-state index in [0.29, 0.717) is 5.75 Å². The van der Waals surface area contributed by atoms with Gasteiger partial charge in [0.1, 0.15) is 11.5 Å². The Labute approximate surface area is 165 Å². The summed E-state index contributed by atoms with van der Waals surface area (Å²) in [7, 11) is 0. The van der Waals surface area contributed by atoms with E-state index >= 15 is 0 Å². The van der Waals surface area contributed by atoms with Crippen LogP contribution in [0.5, 0.6) is 11.5 Å². The standard InChI is InChI=1S/C24H38O3/c1-3-5-7-9-19-26-22-15-17-23(18-16-22)27-24(25)21-13-11-20(12-14-21)10-8-6-4-2/h15-18,20-21H,3-14,19H2,1-2H3. The Bertz CT molecular complexity index is 515. The van der Waals surface area contributed by atoms with Crippen molar-refractivity contribution < 1.29 is 14.3 Å². The molecule has 1 aliphatic carbocycles. The molecule has 0 atom stereocenters. The van der Waals surface area contributed by atoms with Crippen LogP contribution in [-0.4, -0.2) is 12.6 Å². The van der Waals surface area contributed by atoms with E-state index in [9.17, 15) is 4.79 Å². The fourth-order valence-corrected chi connectivity index (χ4v) is 3.89. The third kappa shape index (κ3) is 8.36. The molecule has 2 rings (SSSR count). The van der Waals surface area contributed by atoms with Gasteiger partial charge in [-0.1, -0.05) is 58.8 Å². The number of carbonyl (C=O) groups is 1. The van der Waals surface area contributed by atoms with Crippen molar-refractivity contribution >= 4 is 5.97 Å². The second-order valence-electron chi connectivity index (χ2n) is 8.02. The van der Waals surface area contributed by atoms with E-state index in [4.69, 9.17) is 9.47 Å². The molecule has 0 saturated heterocycles. The molecule has 0 aromatic heterocycles. The van der Waals surface area contributed by atoms with Crippen LogP contribution >= 0.6 is 0 Å². The smallest absolute Gasteiger partial charge is 0.314 e. The van der Waals surface area contributed by atoms with E-state index in [-0.39, 0.29) is 11.9 Å². The molecule has 1 aliphatic rings. The van der Waals surface area contributed by atoms with Gasteiger partial charge < -0.3 is 9.47 Å². The summed E-state index contributed by atoms with van der Waals surface area (Å²) < 4.78 is 11.3. The molecule has 1 saturated carbocycles. The second-order valence-corrected chi connectivity index (χ2v) is 8.02. The fraction of sp³-hybridized carbons (Fsp3) is 0.708. The van der Waals surface area contributed by atoms with Crippen LogP contribution in [0.3, 0.4) is 0 Å². The Kier molecular flexibility index (Phi) is 10.3. The summed E-state index contributed by atoms with van der Waals surface area (Å²) in [6.07, 6.45) is 14.4. The van der Waals surface area contributed by atoms with Crippen LogP contribution in [-0.2, 0) is 4.79 Å². The lowest BCUT2D eigenvalue weighted by molar-refractivity contribution is -0.140. The summed E-state index contributed by atoms with van der Waals surface area (Å²) in [5.74, 6) is 2.30. The minimum Gasteiger partial charge on any atom is -0.494 e. The highest BCUT2D eigenvalue weighted by Gasteiger charge is 2.27. The Balaban J connectivity index is 1.67. The van der Waals surface area contributed by atoms with Gasteiger partial charge in [-0.3, -0.25) is 4.79 Å². The molecule has 0 bridgehead atoms. The number of rotatable bonds is 12. The molecule has 152 valence electrons. The van der Waals surface area contributed by atoms with Gasteiger partial charge in [0, 0.05) is 0 Å².